The molecule has 2 aliphatic heterocycles. The Morgan fingerprint density at radius 1 is 0.979 bits per heavy atom. The molecule has 2 aliphatic rings. The summed E-state index contributed by atoms with van der Waals surface area (Å²) in [6, 6.07) is -9.75. The highest BCUT2D eigenvalue weighted by Crippen LogP contribution is 2.07. The molecule has 2 heterocycles. The number of carbonyl (C=O) groups excluding carboxylic acids is 7. The molecule has 8 amide bonds. The van der Waals surface area contributed by atoms with Gasteiger partial charge in [0.25, 0.3) is 5.91 Å². The summed E-state index contributed by atoms with van der Waals surface area (Å²) in [5.74, 6) is -6.43. The molecule has 7 atom stereocenters. The number of aliphatic imine (C=N–C) groups is 1. The lowest BCUT2D eigenvalue weighted by atomic mass is 10.0. The first kappa shape index (κ1) is 39.1. The van der Waals surface area contributed by atoms with Crippen molar-refractivity contribution in [2.75, 3.05) is 32.8 Å². The zero-order chi connectivity index (χ0) is 36.0. The van der Waals surface area contributed by atoms with Gasteiger partial charge >= 0.3 is 6.03 Å². The van der Waals surface area contributed by atoms with Crippen molar-refractivity contribution >= 4 is 47.4 Å². The van der Waals surface area contributed by atoms with Gasteiger partial charge in [-0.05, 0) is 19.4 Å². The normalized spacial score (nSPS) is 26.7. The number of aliphatic hydroxyl groups excluding tert-OH is 3. The minimum absolute atomic E-state index is 0.0610. The predicted molar refractivity (Wildman–Crippen MR) is 164 cm³/mol. The SMILES string of the molecule is NCCC(O)[C@H](N)CC(=O)NC1CNC(=O)C([C@H]2CCN=C(N)N2)NC(=O)/C(=C/NC(N)=O)NC(=O)C(CO)NC(=O)C(CO)NC1=O. The number of nitrogens with zero attached hydrogens (tertiary/aromatic N) is 1. The average Bonchev–Trinajstić information content (AvgIpc) is 3.03. The van der Waals surface area contributed by atoms with Gasteiger partial charge in [-0.3, -0.25) is 33.8 Å². The number of hydrogen-bond acceptors (Lipinski definition) is 15. The number of urea groups is 1. The molecule has 1 fully saturated rings. The highest BCUT2D eigenvalue weighted by atomic mass is 16.3. The molecule has 0 aromatic rings. The monoisotopic (exact) mass is 685 g/mol. The van der Waals surface area contributed by atoms with Crippen LogP contribution in [0.15, 0.2) is 16.9 Å². The van der Waals surface area contributed by atoms with Gasteiger partial charge in [-0.15, -0.1) is 0 Å². The van der Waals surface area contributed by atoms with Crippen LogP contribution in [0.1, 0.15) is 19.3 Å². The second-order valence-electron chi connectivity index (χ2n) is 10.7. The van der Waals surface area contributed by atoms with Crippen LogP contribution in [0.3, 0.4) is 0 Å². The third-order valence-electron chi connectivity index (χ3n) is 7.03. The third kappa shape index (κ3) is 11.9. The Kier molecular flexibility index (Phi) is 15.4. The Hall–Kier alpha value is -5.10. The standard InChI is InChI=1S/C25H43N13O10/c26-3-1-16(41)10(27)5-17(42)33-12-6-31-23(47)18(11-2-4-30-24(28)37-11)38-20(44)13(7-32-25(29)48)34-21(45)14(8-39)36-22(46)15(9-40)35-19(12)43/h7,10-12,14-16,18,39-41H,1-6,8-9,26-27H2,(H,31,47)(H,33,42)(H,34,45)(H,35,43)(H,36,46)(H,38,44)(H3,28,30,37)(H3,29,32,48)/b13-7-/t10-,11-,12?,14?,15?,16?,18?/m1/s1. The Bertz CT molecular complexity index is 1280. The number of guanidine groups is 1. The zero-order valence-electron chi connectivity index (χ0n) is 25.7. The Morgan fingerprint density at radius 2 is 1.62 bits per heavy atom. The fraction of sp³-hybridized carbons (Fsp3) is 0.600. The number of carbonyl (C=O) groups is 7. The molecule has 1 saturated heterocycles. The fourth-order valence-corrected chi connectivity index (χ4v) is 4.41. The zero-order valence-corrected chi connectivity index (χ0v) is 25.7. The quantitative estimate of drug-likeness (QED) is 0.0950. The summed E-state index contributed by atoms with van der Waals surface area (Å²) in [6.45, 7) is -2.46. The molecule has 0 radical (unpaired) electrons. The number of aliphatic hydroxyl groups is 3. The molecule has 23 heteroatoms. The van der Waals surface area contributed by atoms with Crippen molar-refractivity contribution in [3.05, 3.63) is 11.9 Å². The van der Waals surface area contributed by atoms with Crippen LogP contribution < -0.4 is 65.5 Å². The van der Waals surface area contributed by atoms with E-state index < -0.39 is 116 Å². The average molecular weight is 686 g/mol. The molecule has 0 bridgehead atoms. The van der Waals surface area contributed by atoms with Crippen LogP contribution >= 0.6 is 0 Å². The van der Waals surface area contributed by atoms with E-state index in [0.29, 0.717) is 6.20 Å². The minimum Gasteiger partial charge on any atom is -0.394 e. The number of primary amides is 1. The maximum Gasteiger partial charge on any atom is 0.316 e. The smallest absolute Gasteiger partial charge is 0.316 e. The van der Waals surface area contributed by atoms with Crippen molar-refractivity contribution in [1.29, 1.82) is 0 Å². The Balaban J connectivity index is 2.52. The molecule has 19 N–H and O–H groups in total. The van der Waals surface area contributed by atoms with Gasteiger partial charge < -0.3 is 80.8 Å². The second kappa shape index (κ2) is 18.9. The van der Waals surface area contributed by atoms with E-state index in [9.17, 15) is 48.9 Å². The van der Waals surface area contributed by atoms with Gasteiger partial charge in [-0.25, -0.2) is 4.79 Å². The lowest BCUT2D eigenvalue weighted by Crippen LogP contribution is -2.64. The molecule has 23 nitrogen and oxygen atoms in total. The third-order valence-corrected chi connectivity index (χ3v) is 7.03. The van der Waals surface area contributed by atoms with Gasteiger partial charge in [0.05, 0.1) is 25.4 Å². The van der Waals surface area contributed by atoms with Crippen LogP contribution in [0.5, 0.6) is 0 Å². The van der Waals surface area contributed by atoms with E-state index in [1.54, 1.807) is 0 Å². The summed E-state index contributed by atoms with van der Waals surface area (Å²) in [4.78, 5) is 94.2. The van der Waals surface area contributed by atoms with Gasteiger partial charge in [0.15, 0.2) is 5.96 Å². The summed E-state index contributed by atoms with van der Waals surface area (Å²) in [7, 11) is 0. The number of hydrogen-bond donors (Lipinski definition) is 15. The lowest BCUT2D eigenvalue weighted by molar-refractivity contribution is -0.135. The van der Waals surface area contributed by atoms with E-state index in [2.05, 4.69) is 42.2 Å². The number of nitrogens with two attached hydrogens (primary N) is 4. The molecule has 48 heavy (non-hydrogen) atoms. The molecule has 0 aliphatic carbocycles. The molecule has 0 aromatic heterocycles. The molecule has 0 aromatic carbocycles. The van der Waals surface area contributed by atoms with E-state index in [1.165, 1.54) is 0 Å². The first-order valence-corrected chi connectivity index (χ1v) is 14.7. The highest BCUT2D eigenvalue weighted by Gasteiger charge is 2.36. The van der Waals surface area contributed by atoms with E-state index in [1.807, 2.05) is 5.32 Å². The van der Waals surface area contributed by atoms with E-state index in [4.69, 9.17) is 22.9 Å². The molecule has 2 rings (SSSR count). The van der Waals surface area contributed by atoms with E-state index in [0.717, 1.165) is 0 Å². The van der Waals surface area contributed by atoms with Crippen LogP contribution in [0, 0.1) is 0 Å². The molecule has 0 saturated carbocycles. The van der Waals surface area contributed by atoms with Gasteiger partial charge in [0.1, 0.15) is 29.9 Å². The molecule has 5 unspecified atom stereocenters. The van der Waals surface area contributed by atoms with E-state index >= 15 is 0 Å². The number of nitrogens with one attached hydrogen (secondary N) is 8. The molecular weight excluding hydrogens is 642 g/mol. The summed E-state index contributed by atoms with van der Waals surface area (Å²) >= 11 is 0. The van der Waals surface area contributed by atoms with Gasteiger partial charge in [-0.1, -0.05) is 0 Å². The topological polar surface area (TPSA) is 393 Å². The summed E-state index contributed by atoms with van der Waals surface area (Å²) in [6.07, 6.45) is -0.684. The van der Waals surface area contributed by atoms with Crippen molar-refractivity contribution in [2.45, 2.75) is 61.6 Å². The molecule has 0 spiro atoms. The van der Waals surface area contributed by atoms with Crippen molar-refractivity contribution in [2.24, 2.45) is 27.9 Å². The van der Waals surface area contributed by atoms with Crippen molar-refractivity contribution in [1.82, 2.24) is 42.5 Å². The lowest BCUT2D eigenvalue weighted by Gasteiger charge is -2.31. The van der Waals surface area contributed by atoms with Crippen molar-refractivity contribution in [3.63, 3.8) is 0 Å². The van der Waals surface area contributed by atoms with Crippen LogP contribution in [0.25, 0.3) is 0 Å². The summed E-state index contributed by atoms with van der Waals surface area (Å²) in [5, 5.41) is 48.0. The Labute approximate surface area is 273 Å². The second-order valence-corrected chi connectivity index (χ2v) is 10.7. The van der Waals surface area contributed by atoms with Gasteiger partial charge in [-0.2, -0.15) is 0 Å². The van der Waals surface area contributed by atoms with Crippen LogP contribution in [0.4, 0.5) is 4.79 Å². The fourth-order valence-electron chi connectivity index (χ4n) is 4.41. The van der Waals surface area contributed by atoms with Crippen molar-refractivity contribution < 1.29 is 48.9 Å². The van der Waals surface area contributed by atoms with Crippen molar-refractivity contribution in [3.8, 4) is 0 Å². The van der Waals surface area contributed by atoms with Gasteiger partial charge in [0, 0.05) is 31.8 Å². The van der Waals surface area contributed by atoms with Crippen LogP contribution in [-0.2, 0) is 28.8 Å². The Morgan fingerprint density at radius 3 is 2.23 bits per heavy atom. The van der Waals surface area contributed by atoms with Crippen LogP contribution in [0.2, 0.25) is 0 Å². The van der Waals surface area contributed by atoms with E-state index in [-0.39, 0.29) is 31.9 Å². The summed E-state index contributed by atoms with van der Waals surface area (Å²) in [5.41, 5.74) is 21.4. The predicted octanol–water partition coefficient (Wildman–Crippen LogP) is -9.23. The largest absolute Gasteiger partial charge is 0.394 e. The minimum atomic E-state index is -1.77. The number of rotatable bonds is 10. The first-order valence-electron chi connectivity index (χ1n) is 14.7. The van der Waals surface area contributed by atoms with Gasteiger partial charge in [0.2, 0.25) is 29.5 Å². The molecular formula is C25H43N13O10. The molecule has 268 valence electrons. The number of amides is 8. The highest BCUT2D eigenvalue weighted by molar-refractivity contribution is 6.02. The first-order chi connectivity index (χ1) is 22.7. The van der Waals surface area contributed by atoms with Crippen LogP contribution in [-0.4, -0.2) is 138 Å². The maximum absolute atomic E-state index is 13.6. The maximum atomic E-state index is 13.6. The summed E-state index contributed by atoms with van der Waals surface area (Å²) < 4.78 is 0.